The van der Waals surface area contributed by atoms with E-state index in [-0.39, 0.29) is 34.6 Å². The van der Waals surface area contributed by atoms with Gasteiger partial charge in [0.15, 0.2) is 0 Å². The topological polar surface area (TPSA) is 88.4 Å². The van der Waals surface area contributed by atoms with E-state index in [0.29, 0.717) is 17.2 Å². The molecule has 0 fully saturated rings. The molecule has 43 heavy (non-hydrogen) atoms. The van der Waals surface area contributed by atoms with Crippen molar-refractivity contribution in [2.24, 2.45) is 0 Å². The Kier molecular flexibility index (Phi) is 13.1. The Bertz CT molecular complexity index is 1380. The number of hydrogen-bond donors (Lipinski definition) is 3. The molecule has 0 bridgehead atoms. The second-order valence-corrected chi connectivity index (χ2v) is 8.73. The average Bonchev–Trinajstić information content (AvgIpc) is 3.03. The molecule has 6 rings (SSSR count). The molecule has 0 aliphatic carbocycles. The molecule has 0 saturated carbocycles. The Morgan fingerprint density at radius 2 is 0.442 bits per heavy atom. The van der Waals surface area contributed by atoms with Crippen molar-refractivity contribution >= 4 is 0 Å². The van der Waals surface area contributed by atoms with Crippen LogP contribution in [-0.4, -0.2) is 15.3 Å². The fourth-order valence-corrected chi connectivity index (χ4v) is 3.42. The Hall–Kier alpha value is -5.35. The van der Waals surface area contributed by atoms with Crippen LogP contribution in [0.2, 0.25) is 0 Å². The molecular weight excluding hydrogens is 580 g/mol. The summed E-state index contributed by atoms with van der Waals surface area (Å²) in [5, 5.41) is 27.2. The van der Waals surface area contributed by atoms with Gasteiger partial charge in [0, 0.05) is 17.4 Å². The van der Waals surface area contributed by atoms with Crippen molar-refractivity contribution in [3.8, 4) is 51.7 Å². The van der Waals surface area contributed by atoms with Gasteiger partial charge in [-0.15, -0.1) is 0 Å². The second-order valence-electron chi connectivity index (χ2n) is 8.73. The van der Waals surface area contributed by atoms with Crippen LogP contribution in [0.1, 0.15) is 0 Å². The molecular formula is C36H30CrO6. The van der Waals surface area contributed by atoms with Gasteiger partial charge in [0.05, 0.1) is 0 Å². The van der Waals surface area contributed by atoms with Gasteiger partial charge in [0.1, 0.15) is 51.7 Å². The van der Waals surface area contributed by atoms with Crippen LogP contribution in [0.15, 0.2) is 164 Å². The van der Waals surface area contributed by atoms with E-state index < -0.39 is 0 Å². The number of hydrogen-bond acceptors (Lipinski definition) is 6. The van der Waals surface area contributed by atoms with Gasteiger partial charge in [0.2, 0.25) is 0 Å². The van der Waals surface area contributed by atoms with Crippen LogP contribution in [0.25, 0.3) is 0 Å². The summed E-state index contributed by atoms with van der Waals surface area (Å²) >= 11 is 0. The fourth-order valence-electron chi connectivity index (χ4n) is 3.42. The number of ether oxygens (including phenoxy) is 3. The van der Waals surface area contributed by atoms with Crippen LogP contribution in [0.5, 0.6) is 51.7 Å². The maximum Gasteiger partial charge on any atom is 0.127 e. The van der Waals surface area contributed by atoms with E-state index in [0.717, 1.165) is 17.2 Å². The third-order valence-electron chi connectivity index (χ3n) is 5.45. The number of aromatic hydroxyl groups is 3. The molecule has 0 spiro atoms. The van der Waals surface area contributed by atoms with E-state index >= 15 is 0 Å². The average molecular weight is 611 g/mol. The minimum atomic E-state index is 0. The van der Waals surface area contributed by atoms with E-state index in [1.54, 1.807) is 72.8 Å². The summed E-state index contributed by atoms with van der Waals surface area (Å²) in [6.07, 6.45) is 0. The first-order chi connectivity index (χ1) is 20.5. The predicted octanol–water partition coefficient (Wildman–Crippen LogP) is 9.55. The molecule has 7 heteroatoms. The Labute approximate surface area is 261 Å². The van der Waals surface area contributed by atoms with Crippen molar-refractivity contribution in [3.05, 3.63) is 164 Å². The smallest absolute Gasteiger partial charge is 0.127 e. The van der Waals surface area contributed by atoms with E-state index in [1.165, 1.54) is 0 Å². The Balaban J connectivity index is 0.000000175. The van der Waals surface area contributed by atoms with Gasteiger partial charge in [0.25, 0.3) is 0 Å². The van der Waals surface area contributed by atoms with Crippen molar-refractivity contribution in [1.82, 2.24) is 0 Å². The molecule has 0 amide bonds. The van der Waals surface area contributed by atoms with Crippen LogP contribution >= 0.6 is 0 Å². The molecule has 3 N–H and O–H groups in total. The van der Waals surface area contributed by atoms with Gasteiger partial charge in [-0.2, -0.15) is 0 Å². The van der Waals surface area contributed by atoms with E-state index in [4.69, 9.17) is 29.5 Å². The van der Waals surface area contributed by atoms with Crippen LogP contribution in [0.3, 0.4) is 0 Å². The van der Waals surface area contributed by atoms with Crippen LogP contribution in [-0.2, 0) is 17.4 Å². The summed E-state index contributed by atoms with van der Waals surface area (Å²) in [5.74, 6) is 5.24. The summed E-state index contributed by atoms with van der Waals surface area (Å²) < 4.78 is 16.6. The first kappa shape index (κ1) is 32.2. The number of para-hydroxylation sites is 3. The molecule has 6 aromatic carbocycles. The minimum Gasteiger partial charge on any atom is -0.508 e. The molecule has 0 aliphatic heterocycles. The summed E-state index contributed by atoms with van der Waals surface area (Å²) in [7, 11) is 0. The summed E-state index contributed by atoms with van der Waals surface area (Å²) in [6, 6.07) is 48.5. The summed E-state index contributed by atoms with van der Waals surface area (Å²) in [4.78, 5) is 0. The van der Waals surface area contributed by atoms with Gasteiger partial charge in [-0.25, -0.2) is 0 Å². The van der Waals surface area contributed by atoms with Crippen LogP contribution < -0.4 is 14.2 Å². The SMILES string of the molecule is Oc1ccc(Oc2ccccc2)cc1.Oc1ccc(Oc2ccccc2)cc1.Oc1ccc(Oc2ccccc2)cc1.[Cr]. The molecule has 0 heterocycles. The molecule has 6 aromatic rings. The third kappa shape index (κ3) is 12.0. The predicted molar refractivity (Wildman–Crippen MR) is 164 cm³/mol. The van der Waals surface area contributed by atoms with Crippen molar-refractivity contribution in [2.45, 2.75) is 0 Å². The maximum absolute atomic E-state index is 9.07. The fraction of sp³-hybridized carbons (Fsp3) is 0. The van der Waals surface area contributed by atoms with E-state index in [9.17, 15) is 0 Å². The van der Waals surface area contributed by atoms with Gasteiger partial charge in [-0.05, 0) is 109 Å². The van der Waals surface area contributed by atoms with Gasteiger partial charge in [-0.1, -0.05) is 54.6 Å². The zero-order valence-electron chi connectivity index (χ0n) is 23.1. The van der Waals surface area contributed by atoms with Crippen molar-refractivity contribution in [1.29, 1.82) is 0 Å². The van der Waals surface area contributed by atoms with Crippen LogP contribution in [0, 0.1) is 0 Å². The summed E-state index contributed by atoms with van der Waals surface area (Å²) in [5.41, 5.74) is 0. The number of benzene rings is 6. The summed E-state index contributed by atoms with van der Waals surface area (Å²) in [6.45, 7) is 0. The molecule has 0 radical (unpaired) electrons. The second kappa shape index (κ2) is 17.5. The van der Waals surface area contributed by atoms with Gasteiger partial charge in [-0.3, -0.25) is 0 Å². The first-order valence-corrected chi connectivity index (χ1v) is 13.1. The van der Waals surface area contributed by atoms with Gasteiger partial charge >= 0.3 is 0 Å². The first-order valence-electron chi connectivity index (χ1n) is 13.1. The Morgan fingerprint density at radius 3 is 0.651 bits per heavy atom. The number of phenols is 3. The molecule has 0 aliphatic rings. The van der Waals surface area contributed by atoms with Crippen LogP contribution in [0.4, 0.5) is 0 Å². The van der Waals surface area contributed by atoms with Crippen molar-refractivity contribution in [3.63, 3.8) is 0 Å². The number of phenolic OH excluding ortho intramolecular Hbond substituents is 3. The van der Waals surface area contributed by atoms with Crippen molar-refractivity contribution in [2.75, 3.05) is 0 Å². The van der Waals surface area contributed by atoms with E-state index in [1.807, 2.05) is 91.0 Å². The zero-order valence-corrected chi connectivity index (χ0v) is 24.3. The molecule has 0 unspecified atom stereocenters. The molecule has 0 saturated heterocycles. The monoisotopic (exact) mass is 610 g/mol. The molecule has 0 aromatic heterocycles. The third-order valence-corrected chi connectivity index (χ3v) is 5.45. The van der Waals surface area contributed by atoms with E-state index in [2.05, 4.69) is 0 Å². The van der Waals surface area contributed by atoms with Gasteiger partial charge < -0.3 is 29.5 Å². The van der Waals surface area contributed by atoms with Crippen molar-refractivity contribution < 1.29 is 46.9 Å². The Morgan fingerprint density at radius 1 is 0.256 bits per heavy atom. The zero-order chi connectivity index (χ0) is 29.4. The normalized spacial score (nSPS) is 9.49. The quantitative estimate of drug-likeness (QED) is 0.174. The standard InChI is InChI=1S/3C12H10O2.Cr/c3*13-10-6-8-12(9-7-10)14-11-4-2-1-3-5-11;/h3*1-9,13H;. The molecule has 0 atom stereocenters. The number of rotatable bonds is 6. The largest absolute Gasteiger partial charge is 0.508 e. The maximum atomic E-state index is 9.07. The molecule has 216 valence electrons. The molecule has 6 nitrogen and oxygen atoms in total. The minimum absolute atomic E-state index is 0.